The van der Waals surface area contributed by atoms with Gasteiger partial charge in [0.25, 0.3) is 0 Å². The molecule has 5 nitrogen and oxygen atoms in total. The van der Waals surface area contributed by atoms with Crippen LogP contribution in [0.4, 0.5) is 0 Å². The highest BCUT2D eigenvalue weighted by Gasteiger charge is 2.16. The Bertz CT molecular complexity index is 944. The Morgan fingerprint density at radius 2 is 1.93 bits per heavy atom. The highest BCUT2D eigenvalue weighted by molar-refractivity contribution is 6.12. The molecule has 1 aromatic heterocycles. The molecule has 0 bridgehead atoms. The van der Waals surface area contributed by atoms with Crippen molar-refractivity contribution in [2.75, 3.05) is 6.61 Å². The summed E-state index contributed by atoms with van der Waals surface area (Å²) in [5.41, 5.74) is 5.95. The van der Waals surface area contributed by atoms with Gasteiger partial charge in [-0.2, -0.15) is 5.10 Å². The van der Waals surface area contributed by atoms with Crippen LogP contribution >= 0.6 is 0 Å². The lowest BCUT2D eigenvalue weighted by Crippen LogP contribution is -2.14. The third kappa shape index (κ3) is 4.37. The maximum Gasteiger partial charge on any atom is 0.135 e. The van der Waals surface area contributed by atoms with Gasteiger partial charge in [-0.05, 0) is 49.6 Å². The molecule has 0 N–H and O–H groups in total. The lowest BCUT2D eigenvalue weighted by molar-refractivity contribution is 0.159. The molecule has 27 heavy (non-hydrogen) atoms. The van der Waals surface area contributed by atoms with Crippen molar-refractivity contribution in [2.45, 2.75) is 27.4 Å². The van der Waals surface area contributed by atoms with E-state index in [2.05, 4.69) is 48.4 Å². The average molecular weight is 363 g/mol. The first-order valence-corrected chi connectivity index (χ1v) is 9.06. The van der Waals surface area contributed by atoms with Gasteiger partial charge in [-0.25, -0.2) is 0 Å². The minimum atomic E-state index is 0.448. The number of benzene rings is 2. The van der Waals surface area contributed by atoms with Gasteiger partial charge < -0.3 is 9.57 Å². The monoisotopic (exact) mass is 363 g/mol. The second-order valence-corrected chi connectivity index (χ2v) is 6.41. The summed E-state index contributed by atoms with van der Waals surface area (Å²) in [6, 6.07) is 16.3. The fourth-order valence-corrected chi connectivity index (χ4v) is 2.86. The zero-order valence-electron chi connectivity index (χ0n) is 16.3. The van der Waals surface area contributed by atoms with E-state index in [1.54, 1.807) is 10.9 Å². The Balaban J connectivity index is 1.94. The van der Waals surface area contributed by atoms with Gasteiger partial charge in [0, 0.05) is 18.8 Å². The van der Waals surface area contributed by atoms with E-state index in [0.29, 0.717) is 13.2 Å². The van der Waals surface area contributed by atoms with Gasteiger partial charge in [0.15, 0.2) is 0 Å². The van der Waals surface area contributed by atoms with E-state index in [-0.39, 0.29) is 0 Å². The van der Waals surface area contributed by atoms with Crippen LogP contribution in [0.15, 0.2) is 59.9 Å². The van der Waals surface area contributed by atoms with Gasteiger partial charge in [0.2, 0.25) is 0 Å². The normalized spacial score (nSPS) is 11.5. The van der Waals surface area contributed by atoms with E-state index >= 15 is 0 Å². The molecule has 0 radical (unpaired) electrons. The second kappa shape index (κ2) is 8.54. The van der Waals surface area contributed by atoms with Crippen LogP contribution < -0.4 is 4.74 Å². The third-order valence-electron chi connectivity index (χ3n) is 4.35. The smallest absolute Gasteiger partial charge is 0.135 e. The lowest BCUT2D eigenvalue weighted by atomic mass is 10.0. The molecule has 3 aromatic rings. The maximum atomic E-state index is 6.13. The second-order valence-electron chi connectivity index (χ2n) is 6.41. The van der Waals surface area contributed by atoms with Gasteiger partial charge >= 0.3 is 0 Å². The van der Waals surface area contributed by atoms with Crippen molar-refractivity contribution in [2.24, 2.45) is 12.2 Å². The fraction of sp³-hybridized carbons (Fsp3) is 0.273. The number of nitrogens with zero attached hydrogens (tertiary/aromatic N) is 3. The molecule has 0 aliphatic rings. The quantitative estimate of drug-likeness (QED) is 0.462. The van der Waals surface area contributed by atoms with Crippen molar-refractivity contribution < 1.29 is 9.57 Å². The number of hydrogen-bond acceptors (Lipinski definition) is 4. The Hall–Kier alpha value is -3.08. The van der Waals surface area contributed by atoms with E-state index in [0.717, 1.165) is 33.8 Å². The summed E-state index contributed by atoms with van der Waals surface area (Å²) in [6.45, 7) is 6.99. The highest BCUT2D eigenvalue weighted by Crippen LogP contribution is 2.22. The van der Waals surface area contributed by atoms with Crippen molar-refractivity contribution in [1.29, 1.82) is 0 Å². The molecule has 0 fully saturated rings. The van der Waals surface area contributed by atoms with Crippen LogP contribution in [0.25, 0.3) is 0 Å². The van der Waals surface area contributed by atoms with Crippen LogP contribution in [0.2, 0.25) is 0 Å². The Kier molecular flexibility index (Phi) is 5.91. The van der Waals surface area contributed by atoms with E-state index in [4.69, 9.17) is 9.57 Å². The molecule has 140 valence electrons. The molecule has 0 saturated carbocycles. The molecular weight excluding hydrogens is 338 g/mol. The number of rotatable bonds is 7. The van der Waals surface area contributed by atoms with Crippen LogP contribution in [-0.2, 0) is 18.5 Å². The largest absolute Gasteiger partial charge is 0.489 e. The fourth-order valence-electron chi connectivity index (χ4n) is 2.86. The zero-order valence-corrected chi connectivity index (χ0v) is 16.3. The summed E-state index contributed by atoms with van der Waals surface area (Å²) in [7, 11) is 1.89. The van der Waals surface area contributed by atoms with E-state index in [1.807, 2.05) is 38.2 Å². The van der Waals surface area contributed by atoms with E-state index in [1.165, 1.54) is 5.56 Å². The summed E-state index contributed by atoms with van der Waals surface area (Å²) in [4.78, 5) is 5.39. The molecule has 0 aliphatic carbocycles. The minimum absolute atomic E-state index is 0.448. The maximum absolute atomic E-state index is 6.13. The van der Waals surface area contributed by atoms with Gasteiger partial charge in [-0.3, -0.25) is 4.68 Å². The summed E-state index contributed by atoms with van der Waals surface area (Å²) in [5.74, 6) is 0.897. The summed E-state index contributed by atoms with van der Waals surface area (Å²) in [6.07, 6.45) is 1.76. The van der Waals surface area contributed by atoms with Gasteiger partial charge in [-0.15, -0.1) is 0 Å². The molecule has 3 rings (SSSR count). The number of hydrogen-bond donors (Lipinski definition) is 0. The number of aromatic nitrogens is 2. The Morgan fingerprint density at radius 1 is 1.11 bits per heavy atom. The molecular formula is C22H25N3O2. The average Bonchev–Trinajstić information content (AvgIpc) is 3.09. The first-order chi connectivity index (χ1) is 13.1. The molecule has 0 spiro atoms. The predicted octanol–water partition coefficient (Wildman–Crippen LogP) is 4.40. The van der Waals surface area contributed by atoms with Crippen molar-refractivity contribution in [3.8, 4) is 5.75 Å². The first-order valence-electron chi connectivity index (χ1n) is 9.06. The predicted molar refractivity (Wildman–Crippen MR) is 107 cm³/mol. The first kappa shape index (κ1) is 18.7. The SMILES string of the molecule is CCON=C(c1ccccc1COc1cc(C)ccc1C)c1ccnn1C. The summed E-state index contributed by atoms with van der Waals surface area (Å²) < 4.78 is 7.92. The van der Waals surface area contributed by atoms with Crippen molar-refractivity contribution in [3.05, 3.63) is 82.7 Å². The van der Waals surface area contributed by atoms with Gasteiger partial charge in [0.05, 0.1) is 5.69 Å². The van der Waals surface area contributed by atoms with Crippen LogP contribution in [0.3, 0.4) is 0 Å². The molecule has 0 amide bonds. The molecule has 0 saturated heterocycles. The topological polar surface area (TPSA) is 48.6 Å². The lowest BCUT2D eigenvalue weighted by Gasteiger charge is -2.14. The molecule has 0 aliphatic heterocycles. The Labute approximate surface area is 160 Å². The van der Waals surface area contributed by atoms with E-state index < -0.39 is 0 Å². The van der Waals surface area contributed by atoms with Crippen molar-refractivity contribution in [1.82, 2.24) is 9.78 Å². The van der Waals surface area contributed by atoms with Crippen LogP contribution in [0, 0.1) is 13.8 Å². The van der Waals surface area contributed by atoms with Crippen molar-refractivity contribution in [3.63, 3.8) is 0 Å². The molecule has 1 heterocycles. The molecule has 5 heteroatoms. The van der Waals surface area contributed by atoms with Crippen LogP contribution in [-0.4, -0.2) is 22.1 Å². The molecule has 0 atom stereocenters. The number of oxime groups is 1. The summed E-state index contributed by atoms with van der Waals surface area (Å²) >= 11 is 0. The van der Waals surface area contributed by atoms with Crippen molar-refractivity contribution >= 4 is 5.71 Å². The number of ether oxygens (including phenoxy) is 1. The van der Waals surface area contributed by atoms with Crippen LogP contribution in [0.5, 0.6) is 5.75 Å². The zero-order chi connectivity index (χ0) is 19.2. The minimum Gasteiger partial charge on any atom is -0.489 e. The molecule has 0 unspecified atom stereocenters. The standard InChI is InChI=1S/C22H25N3O2/c1-5-27-24-22(20-12-13-23-25(20)4)19-9-7-6-8-18(19)15-26-21-14-16(2)10-11-17(21)3/h6-14H,5,15H2,1-4H3. The van der Waals surface area contributed by atoms with Crippen LogP contribution in [0.1, 0.15) is 34.9 Å². The van der Waals surface area contributed by atoms with E-state index in [9.17, 15) is 0 Å². The number of aryl methyl sites for hydroxylation is 3. The third-order valence-corrected chi connectivity index (χ3v) is 4.35. The Morgan fingerprint density at radius 3 is 2.67 bits per heavy atom. The van der Waals surface area contributed by atoms with Gasteiger partial charge in [0.1, 0.15) is 24.7 Å². The molecule has 2 aromatic carbocycles. The summed E-state index contributed by atoms with van der Waals surface area (Å²) in [5, 5.41) is 8.63. The van der Waals surface area contributed by atoms with Gasteiger partial charge in [-0.1, -0.05) is 41.6 Å². The highest BCUT2D eigenvalue weighted by atomic mass is 16.6.